The zero-order chi connectivity index (χ0) is 16.5. The third kappa shape index (κ3) is 5.73. The topological polar surface area (TPSA) is 83.9 Å². The van der Waals surface area contributed by atoms with Gasteiger partial charge in [0, 0.05) is 13.0 Å². The molecule has 0 radical (unpaired) electrons. The summed E-state index contributed by atoms with van der Waals surface area (Å²) < 4.78 is 4.85. The van der Waals surface area contributed by atoms with Crippen LogP contribution >= 0.6 is 0 Å². The second kappa shape index (κ2) is 9.37. The van der Waals surface area contributed by atoms with Gasteiger partial charge in [-0.2, -0.15) is 0 Å². The van der Waals surface area contributed by atoms with Crippen molar-refractivity contribution in [2.45, 2.75) is 53.4 Å². The number of rotatable bonds is 10. The molecule has 0 heterocycles. The molecule has 122 valence electrons. The van der Waals surface area contributed by atoms with Crippen LogP contribution in [0.15, 0.2) is 0 Å². The summed E-state index contributed by atoms with van der Waals surface area (Å²) in [5, 5.41) is 9.39. The molecule has 0 aromatic carbocycles. The molecule has 0 aromatic rings. The van der Waals surface area contributed by atoms with Crippen molar-refractivity contribution in [1.29, 1.82) is 0 Å². The van der Waals surface area contributed by atoms with E-state index < -0.39 is 17.4 Å². The van der Waals surface area contributed by atoms with Crippen molar-refractivity contribution in [3.05, 3.63) is 0 Å². The van der Waals surface area contributed by atoms with Crippen LogP contribution in [-0.4, -0.2) is 47.5 Å². The van der Waals surface area contributed by atoms with Gasteiger partial charge in [0.05, 0.1) is 12.0 Å². The van der Waals surface area contributed by atoms with Crippen molar-refractivity contribution in [1.82, 2.24) is 4.90 Å². The maximum absolute atomic E-state index is 12.4. The van der Waals surface area contributed by atoms with E-state index in [4.69, 9.17) is 4.74 Å². The van der Waals surface area contributed by atoms with E-state index in [2.05, 4.69) is 0 Å². The van der Waals surface area contributed by atoms with Crippen LogP contribution in [-0.2, 0) is 19.1 Å². The second-order valence-electron chi connectivity index (χ2n) is 5.09. The molecular formula is C15H27NO5. The molecular weight excluding hydrogens is 274 g/mol. The fourth-order valence-corrected chi connectivity index (χ4v) is 2.20. The van der Waals surface area contributed by atoms with E-state index in [9.17, 15) is 19.5 Å². The lowest BCUT2D eigenvalue weighted by Crippen LogP contribution is -2.42. The highest BCUT2D eigenvalue weighted by Gasteiger charge is 2.38. The van der Waals surface area contributed by atoms with Gasteiger partial charge in [0.1, 0.15) is 6.54 Å². The Balaban J connectivity index is 4.95. The summed E-state index contributed by atoms with van der Waals surface area (Å²) in [4.78, 5) is 36.8. The molecule has 6 nitrogen and oxygen atoms in total. The first-order chi connectivity index (χ1) is 9.86. The highest BCUT2D eigenvalue weighted by atomic mass is 16.5. The van der Waals surface area contributed by atoms with E-state index in [1.807, 2.05) is 6.92 Å². The van der Waals surface area contributed by atoms with Crippen LogP contribution in [0.4, 0.5) is 0 Å². The third-order valence-corrected chi connectivity index (χ3v) is 3.77. The van der Waals surface area contributed by atoms with E-state index in [0.717, 1.165) is 0 Å². The maximum Gasteiger partial charge on any atom is 0.325 e. The zero-order valence-electron chi connectivity index (χ0n) is 13.5. The van der Waals surface area contributed by atoms with Gasteiger partial charge in [-0.05, 0) is 26.2 Å². The first-order valence-electron chi connectivity index (χ1n) is 7.53. The van der Waals surface area contributed by atoms with Gasteiger partial charge in [0.15, 0.2) is 0 Å². The SMILES string of the molecule is CCCN(CC(=O)OCC)C(=O)CC(CC)(CC)C(=O)O. The van der Waals surface area contributed by atoms with Gasteiger partial charge in [-0.15, -0.1) is 0 Å². The number of nitrogens with zero attached hydrogens (tertiary/aromatic N) is 1. The number of carboxylic acid groups (broad SMARTS) is 1. The van der Waals surface area contributed by atoms with Crippen LogP contribution in [0.3, 0.4) is 0 Å². The number of carbonyl (C=O) groups excluding carboxylic acids is 2. The monoisotopic (exact) mass is 301 g/mol. The first kappa shape index (κ1) is 19.4. The summed E-state index contributed by atoms with van der Waals surface area (Å²) >= 11 is 0. The molecule has 0 fully saturated rings. The van der Waals surface area contributed by atoms with Gasteiger partial charge < -0.3 is 14.7 Å². The smallest absolute Gasteiger partial charge is 0.325 e. The molecule has 21 heavy (non-hydrogen) atoms. The van der Waals surface area contributed by atoms with Gasteiger partial charge in [-0.3, -0.25) is 14.4 Å². The number of ether oxygens (including phenoxy) is 1. The molecule has 0 bridgehead atoms. The van der Waals surface area contributed by atoms with E-state index >= 15 is 0 Å². The molecule has 0 aliphatic carbocycles. The van der Waals surface area contributed by atoms with Crippen molar-refractivity contribution in [2.75, 3.05) is 19.7 Å². The Morgan fingerprint density at radius 2 is 1.67 bits per heavy atom. The summed E-state index contributed by atoms with van der Waals surface area (Å²) in [6.07, 6.45) is 1.37. The predicted octanol–water partition coefficient (Wildman–Crippen LogP) is 2.07. The highest BCUT2D eigenvalue weighted by molar-refractivity contribution is 5.87. The maximum atomic E-state index is 12.4. The molecule has 0 atom stereocenters. The molecule has 1 N–H and O–H groups in total. The normalized spacial score (nSPS) is 11.0. The van der Waals surface area contributed by atoms with E-state index in [1.165, 1.54) is 4.90 Å². The Morgan fingerprint density at radius 1 is 1.10 bits per heavy atom. The van der Waals surface area contributed by atoms with Gasteiger partial charge in [0.2, 0.25) is 5.91 Å². The average Bonchev–Trinajstić information content (AvgIpc) is 2.44. The van der Waals surface area contributed by atoms with Crippen molar-refractivity contribution in [2.24, 2.45) is 5.41 Å². The Labute approximate surface area is 126 Å². The molecule has 0 aliphatic heterocycles. The second-order valence-corrected chi connectivity index (χ2v) is 5.09. The third-order valence-electron chi connectivity index (χ3n) is 3.77. The lowest BCUT2D eigenvalue weighted by atomic mass is 9.79. The van der Waals surface area contributed by atoms with Crippen LogP contribution < -0.4 is 0 Å². The fraction of sp³-hybridized carbons (Fsp3) is 0.800. The Kier molecular flexibility index (Phi) is 8.66. The zero-order valence-corrected chi connectivity index (χ0v) is 13.5. The first-order valence-corrected chi connectivity index (χ1v) is 7.53. The van der Waals surface area contributed by atoms with Crippen LogP contribution in [0.1, 0.15) is 53.4 Å². The summed E-state index contributed by atoms with van der Waals surface area (Å²) in [6.45, 7) is 7.68. The fourth-order valence-electron chi connectivity index (χ4n) is 2.20. The molecule has 0 spiro atoms. The van der Waals surface area contributed by atoms with Crippen molar-refractivity contribution < 1.29 is 24.2 Å². The van der Waals surface area contributed by atoms with Crippen molar-refractivity contribution in [3.8, 4) is 0 Å². The number of carboxylic acids is 1. The lowest BCUT2D eigenvalue weighted by molar-refractivity contribution is -0.156. The van der Waals surface area contributed by atoms with Crippen LogP contribution in [0.25, 0.3) is 0 Å². The molecule has 1 amide bonds. The molecule has 0 unspecified atom stereocenters. The number of hydrogen-bond donors (Lipinski definition) is 1. The molecule has 0 saturated heterocycles. The van der Waals surface area contributed by atoms with Crippen molar-refractivity contribution >= 4 is 17.8 Å². The minimum atomic E-state index is -1.06. The minimum Gasteiger partial charge on any atom is -0.481 e. The summed E-state index contributed by atoms with van der Waals surface area (Å²) in [6, 6.07) is 0. The number of aliphatic carboxylic acids is 1. The van der Waals surface area contributed by atoms with Gasteiger partial charge >= 0.3 is 11.9 Å². The van der Waals surface area contributed by atoms with Gasteiger partial charge in [0.25, 0.3) is 0 Å². The average molecular weight is 301 g/mol. The number of hydrogen-bond acceptors (Lipinski definition) is 4. The molecule has 0 rings (SSSR count). The molecule has 0 saturated carbocycles. The summed E-state index contributed by atoms with van der Waals surface area (Å²) in [7, 11) is 0. The van der Waals surface area contributed by atoms with Gasteiger partial charge in [-0.25, -0.2) is 0 Å². The largest absolute Gasteiger partial charge is 0.481 e. The molecule has 6 heteroatoms. The van der Waals surface area contributed by atoms with Crippen molar-refractivity contribution in [3.63, 3.8) is 0 Å². The Morgan fingerprint density at radius 3 is 2.05 bits per heavy atom. The number of carbonyl (C=O) groups is 3. The van der Waals surface area contributed by atoms with Gasteiger partial charge in [-0.1, -0.05) is 20.8 Å². The quantitative estimate of drug-likeness (QED) is 0.624. The summed E-state index contributed by atoms with van der Waals surface area (Å²) in [5.74, 6) is -1.74. The Hall–Kier alpha value is -1.59. The number of esters is 1. The van der Waals surface area contributed by atoms with E-state index in [-0.39, 0.29) is 25.5 Å². The molecule has 0 aliphatic rings. The van der Waals surface area contributed by atoms with E-state index in [0.29, 0.717) is 25.8 Å². The summed E-state index contributed by atoms with van der Waals surface area (Å²) in [5.41, 5.74) is -1.06. The standard InChI is InChI=1S/C15H27NO5/c1-5-9-16(11-13(18)21-8-4)12(17)10-15(6-2,7-3)14(19)20/h5-11H2,1-4H3,(H,19,20). The Bertz CT molecular complexity index is 363. The predicted molar refractivity (Wildman–Crippen MR) is 78.8 cm³/mol. The van der Waals surface area contributed by atoms with Crippen LogP contribution in [0.2, 0.25) is 0 Å². The molecule has 0 aromatic heterocycles. The highest BCUT2D eigenvalue weighted by Crippen LogP contribution is 2.31. The minimum absolute atomic E-state index is 0.0886. The van der Waals surface area contributed by atoms with E-state index in [1.54, 1.807) is 20.8 Å². The van der Waals surface area contributed by atoms with Crippen LogP contribution in [0.5, 0.6) is 0 Å². The van der Waals surface area contributed by atoms with Crippen LogP contribution in [0, 0.1) is 5.41 Å². The lowest BCUT2D eigenvalue weighted by Gasteiger charge is -2.29. The number of amides is 1.